The van der Waals surface area contributed by atoms with Crippen LogP contribution in [0.25, 0.3) is 28.2 Å². The van der Waals surface area contributed by atoms with Gasteiger partial charge in [0.1, 0.15) is 17.3 Å². The third-order valence-corrected chi connectivity index (χ3v) is 7.59. The van der Waals surface area contributed by atoms with E-state index in [1.807, 2.05) is 48.2 Å². The van der Waals surface area contributed by atoms with Gasteiger partial charge in [-0.25, -0.2) is 13.9 Å². The number of hydrogen-bond acceptors (Lipinski definition) is 4. The van der Waals surface area contributed by atoms with Gasteiger partial charge in [0.15, 0.2) is 5.65 Å². The summed E-state index contributed by atoms with van der Waals surface area (Å²) in [4.78, 5) is 20.4. The summed E-state index contributed by atoms with van der Waals surface area (Å²) in [5.74, 6) is 0.168. The van der Waals surface area contributed by atoms with Crippen molar-refractivity contribution in [3.63, 3.8) is 0 Å². The van der Waals surface area contributed by atoms with Gasteiger partial charge < -0.3 is 9.64 Å². The van der Waals surface area contributed by atoms with Crippen molar-refractivity contribution in [1.82, 2.24) is 19.5 Å². The predicted octanol–water partition coefficient (Wildman–Crippen LogP) is 6.73. The Morgan fingerprint density at radius 2 is 1.84 bits per heavy atom. The smallest absolute Gasteiger partial charge is 0.273 e. The molecular weight excluding hydrogens is 547 g/mol. The lowest BCUT2D eigenvalue weighted by atomic mass is 9.93. The molecule has 1 atom stereocenters. The number of aromatic nitrogens is 3. The van der Waals surface area contributed by atoms with E-state index in [9.17, 15) is 9.18 Å². The molecule has 3 aromatic carbocycles. The normalized spacial score (nSPS) is 14.9. The molecule has 5 aromatic rings. The number of ether oxygens (including phenoxy) is 1. The zero-order valence-electron chi connectivity index (χ0n) is 20.9. The maximum absolute atomic E-state index is 14.8. The third-order valence-electron chi connectivity index (χ3n) is 7.09. The Bertz CT molecular complexity index is 1680. The van der Waals surface area contributed by atoms with E-state index in [4.69, 9.17) is 14.8 Å². The Hall–Kier alpha value is -4.04. The highest BCUT2D eigenvalue weighted by atomic mass is 79.9. The van der Waals surface area contributed by atoms with Crippen molar-refractivity contribution in [2.45, 2.75) is 19.4 Å². The number of amides is 1. The van der Waals surface area contributed by atoms with E-state index in [2.05, 4.69) is 28.1 Å². The minimum absolute atomic E-state index is 0.0766. The molecule has 0 bridgehead atoms. The van der Waals surface area contributed by atoms with Crippen molar-refractivity contribution < 1.29 is 13.9 Å². The molecule has 0 aliphatic carbocycles. The molecule has 0 N–H and O–H groups in total. The van der Waals surface area contributed by atoms with E-state index in [-0.39, 0.29) is 11.9 Å². The molecule has 1 aliphatic rings. The van der Waals surface area contributed by atoms with E-state index in [1.165, 1.54) is 11.6 Å². The van der Waals surface area contributed by atoms with Crippen LogP contribution in [0.5, 0.6) is 5.75 Å². The fraction of sp³-hybridized carbons (Fsp3) is 0.167. The van der Waals surface area contributed by atoms with Crippen LogP contribution < -0.4 is 4.74 Å². The lowest BCUT2D eigenvalue weighted by molar-refractivity contribution is 0.0672. The van der Waals surface area contributed by atoms with E-state index < -0.39 is 5.82 Å². The molecule has 6 nitrogen and oxygen atoms in total. The molecule has 3 heterocycles. The summed E-state index contributed by atoms with van der Waals surface area (Å²) in [5, 5.41) is 4.69. The fourth-order valence-electron chi connectivity index (χ4n) is 5.08. The molecule has 38 heavy (non-hydrogen) atoms. The summed E-state index contributed by atoms with van der Waals surface area (Å²) in [7, 11) is 1.61. The van der Waals surface area contributed by atoms with E-state index in [1.54, 1.807) is 35.9 Å². The van der Waals surface area contributed by atoms with Crippen molar-refractivity contribution in [2.24, 2.45) is 0 Å². The average molecular weight is 571 g/mol. The quantitative estimate of drug-likeness (QED) is 0.240. The average Bonchev–Trinajstić information content (AvgIpc) is 3.36. The zero-order valence-corrected chi connectivity index (χ0v) is 22.4. The van der Waals surface area contributed by atoms with Crippen LogP contribution in [-0.2, 0) is 6.42 Å². The van der Waals surface area contributed by atoms with Gasteiger partial charge in [-0.3, -0.25) is 4.79 Å². The molecule has 8 heteroatoms. The van der Waals surface area contributed by atoms with Gasteiger partial charge in [-0.1, -0.05) is 40.2 Å². The fourth-order valence-corrected chi connectivity index (χ4v) is 5.41. The summed E-state index contributed by atoms with van der Waals surface area (Å²) in [6.07, 6.45) is 0.791. The molecule has 0 radical (unpaired) electrons. The van der Waals surface area contributed by atoms with Gasteiger partial charge in [0, 0.05) is 28.2 Å². The van der Waals surface area contributed by atoms with E-state index in [0.29, 0.717) is 45.1 Å². The molecule has 0 fully saturated rings. The Balaban J connectivity index is 1.48. The third kappa shape index (κ3) is 4.24. The number of methoxy groups -OCH3 is 1. The minimum Gasteiger partial charge on any atom is -0.497 e. The molecule has 190 valence electrons. The number of benzene rings is 3. The van der Waals surface area contributed by atoms with Gasteiger partial charge >= 0.3 is 0 Å². The highest BCUT2D eigenvalue weighted by Gasteiger charge is 2.29. The molecule has 0 unspecified atom stereocenters. The topological polar surface area (TPSA) is 59.7 Å². The monoisotopic (exact) mass is 570 g/mol. The van der Waals surface area contributed by atoms with Gasteiger partial charge in [0.2, 0.25) is 0 Å². The number of nitrogens with zero attached hydrogens (tertiary/aromatic N) is 4. The number of rotatable bonds is 4. The molecular formula is C30H24BrFN4O2. The van der Waals surface area contributed by atoms with Crippen LogP contribution in [0.3, 0.4) is 0 Å². The lowest BCUT2D eigenvalue weighted by Gasteiger charge is -2.35. The molecule has 6 rings (SSSR count). The minimum atomic E-state index is -0.397. The standard InChI is InChI=1S/C30H24BrFN4O2/c1-18-23-6-4-3-5-19(23)13-14-35(18)30(37)27-16-28(20-7-10-22(38-2)11-8-20)36-29(33-27)17-26(34-36)24-12-9-21(31)15-25(24)32/h3-12,15-18H,13-14H2,1-2H3/t18-/m1/s1. The summed E-state index contributed by atoms with van der Waals surface area (Å²) < 4.78 is 22.4. The van der Waals surface area contributed by atoms with Gasteiger partial charge in [-0.2, -0.15) is 5.10 Å². The van der Waals surface area contributed by atoms with Crippen LogP contribution in [0, 0.1) is 5.82 Å². The first-order valence-corrected chi connectivity index (χ1v) is 13.1. The van der Waals surface area contributed by atoms with Gasteiger partial charge in [-0.15, -0.1) is 0 Å². The number of carbonyl (C=O) groups is 1. The van der Waals surface area contributed by atoms with Gasteiger partial charge in [0.25, 0.3) is 5.91 Å². The second-order valence-electron chi connectivity index (χ2n) is 9.30. The van der Waals surface area contributed by atoms with Crippen LogP contribution in [0.2, 0.25) is 0 Å². The second kappa shape index (κ2) is 9.68. The van der Waals surface area contributed by atoms with Crippen molar-refractivity contribution in [1.29, 1.82) is 0 Å². The Labute approximate surface area is 227 Å². The maximum Gasteiger partial charge on any atom is 0.273 e. The summed E-state index contributed by atoms with van der Waals surface area (Å²) in [6, 6.07) is 24.0. The zero-order chi connectivity index (χ0) is 26.4. The Morgan fingerprint density at radius 1 is 1.05 bits per heavy atom. The SMILES string of the molecule is COc1ccc(-c2cc(C(=O)N3CCc4ccccc4[C@H]3C)nc3cc(-c4ccc(Br)cc4F)nn23)cc1. The summed E-state index contributed by atoms with van der Waals surface area (Å²) >= 11 is 3.31. The van der Waals surface area contributed by atoms with Crippen molar-refractivity contribution in [2.75, 3.05) is 13.7 Å². The van der Waals surface area contributed by atoms with Crippen LogP contribution >= 0.6 is 15.9 Å². The summed E-state index contributed by atoms with van der Waals surface area (Å²) in [6.45, 7) is 2.66. The second-order valence-corrected chi connectivity index (χ2v) is 10.2. The van der Waals surface area contributed by atoms with Crippen LogP contribution in [-0.4, -0.2) is 39.1 Å². The molecule has 1 aliphatic heterocycles. The molecule has 0 saturated carbocycles. The Morgan fingerprint density at radius 3 is 2.61 bits per heavy atom. The van der Waals surface area contributed by atoms with Crippen molar-refractivity contribution in [3.05, 3.63) is 106 Å². The maximum atomic E-state index is 14.8. The van der Waals surface area contributed by atoms with Gasteiger partial charge in [-0.05, 0) is 73.0 Å². The Kier molecular flexibility index (Phi) is 6.19. The van der Waals surface area contributed by atoms with E-state index >= 15 is 0 Å². The van der Waals surface area contributed by atoms with Crippen LogP contribution in [0.15, 0.2) is 83.3 Å². The number of carbonyl (C=O) groups excluding carboxylic acids is 1. The first-order valence-electron chi connectivity index (χ1n) is 12.3. The van der Waals surface area contributed by atoms with Crippen molar-refractivity contribution in [3.8, 4) is 28.3 Å². The van der Waals surface area contributed by atoms with E-state index in [0.717, 1.165) is 17.5 Å². The lowest BCUT2D eigenvalue weighted by Crippen LogP contribution is -2.39. The first kappa shape index (κ1) is 24.3. The number of hydrogen-bond donors (Lipinski definition) is 0. The predicted molar refractivity (Wildman–Crippen MR) is 148 cm³/mol. The van der Waals surface area contributed by atoms with Crippen LogP contribution in [0.1, 0.15) is 34.6 Å². The highest BCUT2D eigenvalue weighted by Crippen LogP contribution is 2.32. The highest BCUT2D eigenvalue weighted by molar-refractivity contribution is 9.10. The molecule has 0 saturated heterocycles. The van der Waals surface area contributed by atoms with Crippen LogP contribution in [0.4, 0.5) is 4.39 Å². The van der Waals surface area contributed by atoms with Crippen molar-refractivity contribution >= 4 is 27.5 Å². The number of fused-ring (bicyclic) bond motifs is 2. The molecule has 0 spiro atoms. The first-order chi connectivity index (χ1) is 18.4. The molecule has 2 aromatic heterocycles. The van der Waals surface area contributed by atoms with Gasteiger partial charge in [0.05, 0.1) is 24.5 Å². The largest absolute Gasteiger partial charge is 0.497 e. The number of halogens is 2. The summed E-state index contributed by atoms with van der Waals surface area (Å²) in [5.41, 5.74) is 5.49. The molecule has 1 amide bonds.